The van der Waals surface area contributed by atoms with Crippen LogP contribution < -0.4 is 5.32 Å². The third-order valence-corrected chi connectivity index (χ3v) is 5.89. The van der Waals surface area contributed by atoms with Gasteiger partial charge in [0.25, 0.3) is 11.7 Å². The van der Waals surface area contributed by atoms with Gasteiger partial charge in [-0.05, 0) is 37.0 Å². The topological polar surface area (TPSA) is 98.5 Å². The molecule has 0 saturated heterocycles. The van der Waals surface area contributed by atoms with E-state index in [1.165, 1.54) is 27.7 Å². The molecule has 0 bridgehead atoms. The molecule has 0 radical (unpaired) electrons. The van der Waals surface area contributed by atoms with Gasteiger partial charge in [-0.1, -0.05) is 38.1 Å². The van der Waals surface area contributed by atoms with Crippen molar-refractivity contribution in [1.82, 2.24) is 19.6 Å². The summed E-state index contributed by atoms with van der Waals surface area (Å²) >= 11 is 1.28. The van der Waals surface area contributed by atoms with E-state index in [2.05, 4.69) is 34.2 Å². The van der Waals surface area contributed by atoms with Crippen LogP contribution in [0.2, 0.25) is 0 Å². The number of ether oxygens (including phenoxy) is 1. The molecule has 0 saturated carbocycles. The largest absolute Gasteiger partial charge is 0.462 e. The van der Waals surface area contributed by atoms with Crippen molar-refractivity contribution in [2.45, 2.75) is 33.6 Å². The number of rotatable bonds is 6. The van der Waals surface area contributed by atoms with Crippen molar-refractivity contribution in [1.29, 1.82) is 0 Å². The molecular formula is C23H23N5O3S. The standard InChI is InChI=1S/C23H23N5O3S/c1-5-31-22(30)19-17(16-8-6-15(7-9-16)13(2)3)11-32-21(19)27-20(29)18-10-14(4)26-23-24-12-25-28(18)23/h6-13H,5H2,1-4H3,(H,27,29). The quantitative estimate of drug-likeness (QED) is 0.428. The van der Waals surface area contributed by atoms with Gasteiger partial charge in [0, 0.05) is 16.6 Å². The predicted octanol–water partition coefficient (Wildman–Crippen LogP) is 4.71. The van der Waals surface area contributed by atoms with Crippen LogP contribution in [0.25, 0.3) is 16.9 Å². The van der Waals surface area contributed by atoms with Crippen molar-refractivity contribution in [2.75, 3.05) is 11.9 Å². The van der Waals surface area contributed by atoms with Crippen molar-refractivity contribution in [2.24, 2.45) is 0 Å². The normalized spacial score (nSPS) is 11.2. The number of carbonyl (C=O) groups is 2. The molecule has 1 aromatic carbocycles. The Bertz CT molecular complexity index is 1290. The SMILES string of the molecule is CCOC(=O)c1c(-c2ccc(C(C)C)cc2)csc1NC(=O)c1cc(C)nc2ncnn12. The molecule has 1 N–H and O–H groups in total. The molecule has 0 aliphatic carbocycles. The summed E-state index contributed by atoms with van der Waals surface area (Å²) in [5.74, 6) is -0.162. The number of carbonyl (C=O) groups excluding carboxylic acids is 2. The lowest BCUT2D eigenvalue weighted by molar-refractivity contribution is 0.0529. The summed E-state index contributed by atoms with van der Waals surface area (Å²) in [6.07, 6.45) is 1.34. The van der Waals surface area contributed by atoms with Crippen LogP contribution >= 0.6 is 11.3 Å². The monoisotopic (exact) mass is 449 g/mol. The van der Waals surface area contributed by atoms with Crippen molar-refractivity contribution in [3.63, 3.8) is 0 Å². The molecule has 3 heterocycles. The fourth-order valence-electron chi connectivity index (χ4n) is 3.38. The zero-order valence-electron chi connectivity index (χ0n) is 18.2. The van der Waals surface area contributed by atoms with Gasteiger partial charge in [-0.2, -0.15) is 14.6 Å². The minimum atomic E-state index is -0.483. The molecule has 0 aliphatic rings. The van der Waals surface area contributed by atoms with Gasteiger partial charge in [-0.3, -0.25) is 4.79 Å². The molecule has 0 spiro atoms. The molecule has 8 nitrogen and oxygen atoms in total. The van der Waals surface area contributed by atoms with Crippen LogP contribution in [0.3, 0.4) is 0 Å². The Kier molecular flexibility index (Phi) is 6.00. The van der Waals surface area contributed by atoms with E-state index in [-0.39, 0.29) is 12.3 Å². The van der Waals surface area contributed by atoms with E-state index in [0.29, 0.717) is 28.0 Å². The van der Waals surface area contributed by atoms with E-state index in [9.17, 15) is 9.59 Å². The fraction of sp³-hybridized carbons (Fsp3) is 0.261. The molecule has 3 aromatic heterocycles. The summed E-state index contributed by atoms with van der Waals surface area (Å²) in [5, 5.41) is 9.21. The second-order valence-electron chi connectivity index (χ2n) is 7.56. The zero-order chi connectivity index (χ0) is 22.8. The molecule has 4 aromatic rings. The number of esters is 1. The maximum atomic E-state index is 13.1. The second kappa shape index (κ2) is 8.88. The molecule has 1 amide bonds. The number of amides is 1. The minimum absolute atomic E-state index is 0.233. The van der Waals surface area contributed by atoms with Gasteiger partial charge in [-0.25, -0.2) is 9.78 Å². The Morgan fingerprint density at radius 3 is 2.66 bits per heavy atom. The van der Waals surface area contributed by atoms with Crippen molar-refractivity contribution in [3.05, 3.63) is 64.6 Å². The number of nitrogens with one attached hydrogen (secondary N) is 1. The van der Waals surface area contributed by atoms with Crippen LogP contribution in [-0.2, 0) is 4.74 Å². The molecule has 164 valence electrons. The number of aryl methyl sites for hydroxylation is 1. The van der Waals surface area contributed by atoms with Crippen LogP contribution in [0.1, 0.15) is 58.8 Å². The Morgan fingerprint density at radius 2 is 1.97 bits per heavy atom. The number of aromatic nitrogens is 4. The van der Waals surface area contributed by atoms with Gasteiger partial charge in [0.05, 0.1) is 6.61 Å². The molecule has 0 unspecified atom stereocenters. The number of hydrogen-bond donors (Lipinski definition) is 1. The van der Waals surface area contributed by atoms with Crippen molar-refractivity contribution < 1.29 is 14.3 Å². The van der Waals surface area contributed by atoms with Crippen molar-refractivity contribution in [3.8, 4) is 11.1 Å². The summed E-state index contributed by atoms with van der Waals surface area (Å²) in [6, 6.07) is 9.69. The third kappa shape index (κ3) is 4.11. The Morgan fingerprint density at radius 1 is 1.22 bits per heavy atom. The molecule has 32 heavy (non-hydrogen) atoms. The number of fused-ring (bicyclic) bond motifs is 1. The Balaban J connectivity index is 1.73. The van der Waals surface area contributed by atoms with Crippen LogP contribution in [0.4, 0.5) is 5.00 Å². The van der Waals surface area contributed by atoms with E-state index < -0.39 is 11.9 Å². The Labute approximate surface area is 189 Å². The number of anilines is 1. The summed E-state index contributed by atoms with van der Waals surface area (Å²) in [5.41, 5.74) is 4.06. The predicted molar refractivity (Wildman–Crippen MR) is 123 cm³/mol. The molecule has 0 fully saturated rings. The van der Waals surface area contributed by atoms with Crippen LogP contribution in [0, 0.1) is 6.92 Å². The summed E-state index contributed by atoms with van der Waals surface area (Å²) in [4.78, 5) is 34.2. The first-order chi connectivity index (χ1) is 15.4. The Hall–Kier alpha value is -3.59. The number of nitrogens with zero attached hydrogens (tertiary/aromatic N) is 4. The summed E-state index contributed by atoms with van der Waals surface area (Å²) < 4.78 is 6.66. The smallest absolute Gasteiger partial charge is 0.341 e. The number of hydrogen-bond acceptors (Lipinski definition) is 7. The number of benzene rings is 1. The first-order valence-corrected chi connectivity index (χ1v) is 11.1. The van der Waals surface area contributed by atoms with E-state index in [1.54, 1.807) is 19.9 Å². The van der Waals surface area contributed by atoms with Crippen LogP contribution in [0.15, 0.2) is 42.0 Å². The molecule has 0 atom stereocenters. The highest BCUT2D eigenvalue weighted by molar-refractivity contribution is 7.15. The minimum Gasteiger partial charge on any atom is -0.462 e. The second-order valence-corrected chi connectivity index (χ2v) is 8.44. The average Bonchev–Trinajstić information content (AvgIpc) is 3.40. The van der Waals surface area contributed by atoms with Gasteiger partial charge in [0.1, 0.15) is 22.6 Å². The summed E-state index contributed by atoms with van der Waals surface area (Å²) in [6.45, 7) is 8.02. The van der Waals surface area contributed by atoms with Gasteiger partial charge >= 0.3 is 5.97 Å². The highest BCUT2D eigenvalue weighted by Crippen LogP contribution is 2.37. The van der Waals surface area contributed by atoms with Crippen LogP contribution in [0.5, 0.6) is 0 Å². The fourth-order valence-corrected chi connectivity index (χ4v) is 4.33. The van der Waals surface area contributed by atoms with Crippen LogP contribution in [-0.4, -0.2) is 38.1 Å². The van der Waals surface area contributed by atoms with Gasteiger partial charge in [-0.15, -0.1) is 11.3 Å². The zero-order valence-corrected chi connectivity index (χ0v) is 19.1. The first-order valence-electron chi connectivity index (χ1n) is 10.3. The lowest BCUT2D eigenvalue weighted by atomic mass is 9.98. The highest BCUT2D eigenvalue weighted by atomic mass is 32.1. The highest BCUT2D eigenvalue weighted by Gasteiger charge is 2.24. The average molecular weight is 450 g/mol. The molecule has 0 aliphatic heterocycles. The maximum absolute atomic E-state index is 13.1. The van der Waals surface area contributed by atoms with E-state index in [1.807, 2.05) is 29.6 Å². The summed E-state index contributed by atoms with van der Waals surface area (Å²) in [7, 11) is 0. The van der Waals surface area contributed by atoms with Gasteiger partial charge < -0.3 is 10.1 Å². The van der Waals surface area contributed by atoms with E-state index in [4.69, 9.17) is 4.74 Å². The van der Waals surface area contributed by atoms with Crippen molar-refractivity contribution >= 4 is 34.0 Å². The lowest BCUT2D eigenvalue weighted by Crippen LogP contribution is -2.19. The third-order valence-electron chi connectivity index (χ3n) is 5.00. The first kappa shape index (κ1) is 21.6. The number of thiophene rings is 1. The van der Waals surface area contributed by atoms with E-state index in [0.717, 1.165) is 11.1 Å². The maximum Gasteiger partial charge on any atom is 0.341 e. The van der Waals surface area contributed by atoms with Gasteiger partial charge in [0.15, 0.2) is 0 Å². The molecule has 9 heteroatoms. The van der Waals surface area contributed by atoms with Gasteiger partial charge in [0.2, 0.25) is 0 Å². The molecule has 4 rings (SSSR count). The molecular weight excluding hydrogens is 426 g/mol. The van der Waals surface area contributed by atoms with E-state index >= 15 is 0 Å². The lowest BCUT2D eigenvalue weighted by Gasteiger charge is -2.10.